The quantitative estimate of drug-likeness (QED) is 0.841. The Labute approximate surface area is 97.7 Å². The van der Waals surface area contributed by atoms with E-state index in [9.17, 15) is 0 Å². The molecule has 0 atom stereocenters. The van der Waals surface area contributed by atoms with Gasteiger partial charge in [0.1, 0.15) is 0 Å². The molecule has 0 aromatic carbocycles. The van der Waals surface area contributed by atoms with Gasteiger partial charge in [0.05, 0.1) is 0 Å². The largest absolute Gasteiger partial charge is 0.359 e. The number of imidazole rings is 1. The lowest BCUT2D eigenvalue weighted by molar-refractivity contribution is 0.208. The highest BCUT2D eigenvalue weighted by molar-refractivity contribution is 5.23. The van der Waals surface area contributed by atoms with Gasteiger partial charge >= 0.3 is 0 Å². The summed E-state index contributed by atoms with van der Waals surface area (Å²) in [5, 5.41) is 3.11. The second-order valence-corrected chi connectivity index (χ2v) is 4.73. The Kier molecular flexibility index (Phi) is 3.83. The molecule has 4 nitrogen and oxygen atoms in total. The average Bonchev–Trinajstić information content (AvgIpc) is 2.76. The van der Waals surface area contributed by atoms with Crippen LogP contribution in [0.4, 0.5) is 5.95 Å². The summed E-state index contributed by atoms with van der Waals surface area (Å²) in [6.07, 6.45) is 7.89. The predicted molar refractivity (Wildman–Crippen MR) is 66.6 cm³/mol. The lowest BCUT2D eigenvalue weighted by Gasteiger charge is -2.29. The van der Waals surface area contributed by atoms with E-state index in [1.54, 1.807) is 0 Å². The van der Waals surface area contributed by atoms with Gasteiger partial charge in [-0.1, -0.05) is 0 Å². The molecule has 0 amide bonds. The van der Waals surface area contributed by atoms with Crippen LogP contribution in [0.5, 0.6) is 0 Å². The second kappa shape index (κ2) is 5.34. The van der Waals surface area contributed by atoms with Gasteiger partial charge in [0.2, 0.25) is 5.95 Å². The molecule has 2 rings (SSSR count). The molecule has 1 aromatic rings. The van der Waals surface area contributed by atoms with Crippen LogP contribution in [0.2, 0.25) is 0 Å². The molecule has 0 unspecified atom stereocenters. The van der Waals surface area contributed by atoms with Crippen molar-refractivity contribution in [3.05, 3.63) is 12.4 Å². The van der Waals surface area contributed by atoms with Crippen molar-refractivity contribution in [3.63, 3.8) is 0 Å². The molecule has 1 N–H and O–H groups in total. The van der Waals surface area contributed by atoms with Gasteiger partial charge in [0.15, 0.2) is 0 Å². The van der Waals surface area contributed by atoms with Crippen molar-refractivity contribution in [2.75, 3.05) is 32.5 Å². The third-order valence-electron chi connectivity index (χ3n) is 3.56. The molecular formula is C12H22N4. The molecule has 90 valence electrons. The molecule has 1 aromatic heterocycles. The standard InChI is InChI=1S/C12H22N4/c1-13-12-14-6-10-16(12)9-5-11-3-7-15(2)8-4-11/h6,10-11H,3-5,7-9H2,1-2H3,(H,13,14). The van der Waals surface area contributed by atoms with Crippen molar-refractivity contribution in [1.29, 1.82) is 0 Å². The van der Waals surface area contributed by atoms with Crippen LogP contribution in [0.3, 0.4) is 0 Å². The lowest BCUT2D eigenvalue weighted by Crippen LogP contribution is -2.30. The Morgan fingerprint density at radius 2 is 2.19 bits per heavy atom. The third-order valence-corrected chi connectivity index (χ3v) is 3.56. The number of hydrogen-bond donors (Lipinski definition) is 1. The molecule has 1 aliphatic rings. The van der Waals surface area contributed by atoms with Gasteiger partial charge in [-0.3, -0.25) is 0 Å². The predicted octanol–water partition coefficient (Wildman–Crippen LogP) is 1.66. The van der Waals surface area contributed by atoms with Crippen molar-refractivity contribution in [2.45, 2.75) is 25.8 Å². The van der Waals surface area contributed by atoms with E-state index >= 15 is 0 Å². The number of nitrogens with one attached hydrogen (secondary N) is 1. The second-order valence-electron chi connectivity index (χ2n) is 4.73. The van der Waals surface area contributed by atoms with Crippen LogP contribution < -0.4 is 5.32 Å². The van der Waals surface area contributed by atoms with Gasteiger partial charge in [-0.15, -0.1) is 0 Å². The van der Waals surface area contributed by atoms with E-state index in [0.29, 0.717) is 0 Å². The fourth-order valence-electron chi connectivity index (χ4n) is 2.39. The third kappa shape index (κ3) is 2.76. The fraction of sp³-hybridized carbons (Fsp3) is 0.750. The molecule has 0 saturated carbocycles. The van der Waals surface area contributed by atoms with Gasteiger partial charge in [-0.25, -0.2) is 4.98 Å². The molecule has 0 aliphatic carbocycles. The van der Waals surface area contributed by atoms with Crippen LogP contribution in [-0.4, -0.2) is 41.6 Å². The number of rotatable bonds is 4. The average molecular weight is 222 g/mol. The van der Waals surface area contributed by atoms with E-state index in [2.05, 4.69) is 33.0 Å². The van der Waals surface area contributed by atoms with Crippen LogP contribution in [-0.2, 0) is 6.54 Å². The van der Waals surface area contributed by atoms with E-state index in [0.717, 1.165) is 18.4 Å². The Morgan fingerprint density at radius 3 is 2.88 bits per heavy atom. The first-order chi connectivity index (χ1) is 7.79. The fourth-order valence-corrected chi connectivity index (χ4v) is 2.39. The smallest absolute Gasteiger partial charge is 0.202 e. The normalized spacial score (nSPS) is 18.9. The molecular weight excluding hydrogens is 200 g/mol. The number of anilines is 1. The van der Waals surface area contributed by atoms with Crippen molar-refractivity contribution in [1.82, 2.24) is 14.5 Å². The molecule has 1 saturated heterocycles. The summed E-state index contributed by atoms with van der Waals surface area (Å²) in [5.74, 6) is 1.87. The molecule has 0 spiro atoms. The first kappa shape index (κ1) is 11.5. The molecule has 2 heterocycles. The summed E-state index contributed by atoms with van der Waals surface area (Å²) >= 11 is 0. The Bertz CT molecular complexity index is 313. The summed E-state index contributed by atoms with van der Waals surface area (Å²) in [7, 11) is 4.14. The highest BCUT2D eigenvalue weighted by Gasteiger charge is 2.16. The van der Waals surface area contributed by atoms with Gasteiger partial charge < -0.3 is 14.8 Å². The highest BCUT2D eigenvalue weighted by atomic mass is 15.2. The summed E-state index contributed by atoms with van der Waals surface area (Å²) in [6, 6.07) is 0. The number of likely N-dealkylation sites (tertiary alicyclic amines) is 1. The van der Waals surface area contributed by atoms with Crippen LogP contribution in [0.15, 0.2) is 12.4 Å². The first-order valence-electron chi connectivity index (χ1n) is 6.17. The van der Waals surface area contributed by atoms with Crippen molar-refractivity contribution in [3.8, 4) is 0 Å². The molecule has 1 aliphatic heterocycles. The first-order valence-corrected chi connectivity index (χ1v) is 6.17. The van der Waals surface area contributed by atoms with Gasteiger partial charge in [0, 0.05) is 26.0 Å². The number of aromatic nitrogens is 2. The number of aryl methyl sites for hydroxylation is 1. The van der Waals surface area contributed by atoms with E-state index < -0.39 is 0 Å². The number of hydrogen-bond acceptors (Lipinski definition) is 3. The van der Waals surface area contributed by atoms with Gasteiger partial charge in [0.25, 0.3) is 0 Å². The minimum absolute atomic E-state index is 0.892. The highest BCUT2D eigenvalue weighted by Crippen LogP contribution is 2.20. The van der Waals surface area contributed by atoms with E-state index in [-0.39, 0.29) is 0 Å². The topological polar surface area (TPSA) is 33.1 Å². The van der Waals surface area contributed by atoms with E-state index in [1.807, 2.05) is 13.2 Å². The maximum absolute atomic E-state index is 4.25. The zero-order chi connectivity index (χ0) is 11.4. The zero-order valence-electron chi connectivity index (χ0n) is 10.3. The SMILES string of the molecule is CNc1nccn1CCC1CCN(C)CC1. The number of nitrogens with zero attached hydrogens (tertiary/aromatic N) is 3. The zero-order valence-corrected chi connectivity index (χ0v) is 10.3. The summed E-state index contributed by atoms with van der Waals surface area (Å²) < 4.78 is 2.21. The van der Waals surface area contributed by atoms with E-state index in [4.69, 9.17) is 0 Å². The maximum Gasteiger partial charge on any atom is 0.202 e. The minimum atomic E-state index is 0.892. The Balaban J connectivity index is 1.79. The monoisotopic (exact) mass is 222 g/mol. The van der Waals surface area contributed by atoms with Crippen LogP contribution in [0, 0.1) is 5.92 Å². The van der Waals surface area contributed by atoms with E-state index in [1.165, 1.54) is 32.4 Å². The summed E-state index contributed by atoms with van der Waals surface area (Å²) in [4.78, 5) is 6.68. The minimum Gasteiger partial charge on any atom is -0.359 e. The van der Waals surface area contributed by atoms with Crippen LogP contribution in [0.25, 0.3) is 0 Å². The molecule has 16 heavy (non-hydrogen) atoms. The Hall–Kier alpha value is -1.03. The molecule has 1 fully saturated rings. The van der Waals surface area contributed by atoms with Gasteiger partial charge in [-0.05, 0) is 45.3 Å². The maximum atomic E-state index is 4.25. The molecule has 0 bridgehead atoms. The Morgan fingerprint density at radius 1 is 1.44 bits per heavy atom. The molecule has 4 heteroatoms. The van der Waals surface area contributed by atoms with Crippen molar-refractivity contribution >= 4 is 5.95 Å². The summed E-state index contributed by atoms with van der Waals surface area (Å²) in [5.41, 5.74) is 0. The van der Waals surface area contributed by atoms with Crippen LogP contribution >= 0.6 is 0 Å². The lowest BCUT2D eigenvalue weighted by atomic mass is 9.94. The van der Waals surface area contributed by atoms with Gasteiger partial charge in [-0.2, -0.15) is 0 Å². The van der Waals surface area contributed by atoms with Crippen molar-refractivity contribution < 1.29 is 0 Å². The van der Waals surface area contributed by atoms with Crippen molar-refractivity contribution in [2.24, 2.45) is 5.92 Å². The van der Waals surface area contributed by atoms with Crippen LogP contribution in [0.1, 0.15) is 19.3 Å². The summed E-state index contributed by atoms with van der Waals surface area (Å²) in [6.45, 7) is 3.60. The molecule has 0 radical (unpaired) electrons. The number of piperidine rings is 1.